The normalized spacial score (nSPS) is 22.5. The second kappa shape index (κ2) is 33.5. The molecule has 1 rings (SSSR count). The third-order valence-corrected chi connectivity index (χ3v) is 12.2. The van der Waals surface area contributed by atoms with Crippen molar-refractivity contribution < 1.29 is 76.9 Å². The van der Waals surface area contributed by atoms with Crippen molar-refractivity contribution in [2.75, 3.05) is 13.2 Å². The molecule has 0 radical (unpaired) electrons. The summed E-state index contributed by atoms with van der Waals surface area (Å²) in [5.74, 6) is -1.18. The van der Waals surface area contributed by atoms with E-state index in [1.807, 2.05) is 0 Å². The van der Waals surface area contributed by atoms with E-state index in [-0.39, 0.29) is 12.8 Å². The molecule has 0 heterocycles. The maximum absolute atomic E-state index is 12.9. The Bertz CT molecular complexity index is 1160. The van der Waals surface area contributed by atoms with E-state index in [1.165, 1.54) is 103 Å². The molecule has 1 aliphatic rings. The molecule has 0 saturated heterocycles. The molecule has 1 saturated carbocycles. The molecule has 0 bridgehead atoms. The Kier molecular flexibility index (Phi) is 31.8. The quantitative estimate of drug-likeness (QED) is 0.0177. The summed E-state index contributed by atoms with van der Waals surface area (Å²) in [7, 11) is -10.6. The Labute approximate surface area is 353 Å². The van der Waals surface area contributed by atoms with Crippen LogP contribution in [0.3, 0.4) is 0 Å². The number of hydrogen-bond acceptors (Lipinski definition) is 13. The van der Waals surface area contributed by atoms with Crippen LogP contribution < -0.4 is 0 Å². The Hall–Kier alpha value is -1.00. The SMILES string of the molecule is CCCCCCCCCCCCCCCC(=O)OC[C@H](COP(=O)(O)OC1[C@H](O)[C@H](O)C(OP(=O)(O)O)[C@H](O)[C@H]1O)OC(=O)CCCCCCCCCCCCCCC. The van der Waals surface area contributed by atoms with Gasteiger partial charge in [0.2, 0.25) is 0 Å². The second-order valence-electron chi connectivity index (χ2n) is 16.1. The maximum Gasteiger partial charge on any atom is 0.472 e. The van der Waals surface area contributed by atoms with E-state index in [9.17, 15) is 44.0 Å². The molecule has 7 N–H and O–H groups in total. The zero-order valence-corrected chi connectivity index (χ0v) is 37.7. The lowest BCUT2D eigenvalue weighted by Crippen LogP contribution is -2.64. The lowest BCUT2D eigenvalue weighted by Gasteiger charge is -2.43. The number of rotatable bonds is 38. The molecule has 18 heteroatoms. The van der Waals surface area contributed by atoms with E-state index >= 15 is 0 Å². The standard InChI is InChI=1S/C41H80O16P2/c1-3-5-7-9-11-13-15-17-19-21-23-25-27-29-34(42)53-31-33(55-35(43)30-28-26-24-22-20-18-16-14-12-10-8-6-4-2)32-54-59(51,52)57-41-38(46)36(44)40(37(45)39(41)47)56-58(48,49)50/h33,36-41,44-47H,3-32H2,1-2H3,(H,51,52)(H2,48,49,50)/t33-,36-,37+,38-,39-,40?,41?/m1/s1. The van der Waals surface area contributed by atoms with Gasteiger partial charge in [0, 0.05) is 12.8 Å². The molecule has 16 nitrogen and oxygen atoms in total. The van der Waals surface area contributed by atoms with E-state index in [0.717, 1.165) is 51.4 Å². The van der Waals surface area contributed by atoms with E-state index in [4.69, 9.17) is 28.3 Å². The van der Waals surface area contributed by atoms with Crippen molar-refractivity contribution >= 4 is 27.6 Å². The lowest BCUT2D eigenvalue weighted by molar-refractivity contribution is -0.216. The van der Waals surface area contributed by atoms with Crippen LogP contribution in [0.1, 0.15) is 194 Å². The number of carbonyl (C=O) groups excluding carboxylic acids is 2. The number of aliphatic hydroxyl groups is 4. The predicted octanol–water partition coefficient (Wildman–Crippen LogP) is 7.84. The molecule has 59 heavy (non-hydrogen) atoms. The summed E-state index contributed by atoms with van der Waals surface area (Å²) >= 11 is 0. The number of unbranched alkanes of at least 4 members (excludes halogenated alkanes) is 24. The first kappa shape index (κ1) is 56.0. The smallest absolute Gasteiger partial charge is 0.462 e. The van der Waals surface area contributed by atoms with Gasteiger partial charge in [-0.3, -0.25) is 23.2 Å². The molecule has 0 aromatic heterocycles. The van der Waals surface area contributed by atoms with Gasteiger partial charge in [0.25, 0.3) is 0 Å². The first-order chi connectivity index (χ1) is 28.1. The van der Waals surface area contributed by atoms with Crippen molar-refractivity contribution in [3.63, 3.8) is 0 Å². The fourth-order valence-electron chi connectivity index (χ4n) is 7.14. The zero-order valence-electron chi connectivity index (χ0n) is 36.0. The van der Waals surface area contributed by atoms with Gasteiger partial charge in [0.1, 0.15) is 43.2 Å². The monoisotopic (exact) mass is 890 g/mol. The summed E-state index contributed by atoms with van der Waals surface area (Å²) in [6.07, 6.45) is 15.1. The van der Waals surface area contributed by atoms with Gasteiger partial charge in [-0.15, -0.1) is 0 Å². The fraction of sp³-hybridized carbons (Fsp3) is 0.951. The van der Waals surface area contributed by atoms with Gasteiger partial charge in [-0.1, -0.05) is 168 Å². The highest BCUT2D eigenvalue weighted by molar-refractivity contribution is 7.47. The molecule has 1 fully saturated rings. The van der Waals surface area contributed by atoms with Crippen LogP contribution in [-0.2, 0) is 41.8 Å². The summed E-state index contributed by atoms with van der Waals surface area (Å²) < 4.78 is 49.0. The van der Waals surface area contributed by atoms with E-state index in [0.29, 0.717) is 12.8 Å². The first-order valence-corrected chi connectivity index (χ1v) is 25.6. The Morgan fingerprint density at radius 2 is 0.797 bits per heavy atom. The molecule has 8 atom stereocenters. The minimum Gasteiger partial charge on any atom is -0.462 e. The van der Waals surface area contributed by atoms with Crippen LogP contribution in [0.4, 0.5) is 0 Å². The number of hydrogen-bond donors (Lipinski definition) is 7. The van der Waals surface area contributed by atoms with Crippen molar-refractivity contribution in [3.05, 3.63) is 0 Å². The lowest BCUT2D eigenvalue weighted by atomic mass is 9.85. The Balaban J connectivity index is 2.59. The number of phosphoric acid groups is 2. The molecule has 0 amide bonds. The van der Waals surface area contributed by atoms with Gasteiger partial charge in [-0.05, 0) is 12.8 Å². The number of phosphoric ester groups is 2. The molecule has 0 aromatic carbocycles. The highest BCUT2D eigenvalue weighted by Gasteiger charge is 2.54. The van der Waals surface area contributed by atoms with Crippen LogP contribution in [0.15, 0.2) is 0 Å². The molecule has 0 spiro atoms. The Morgan fingerprint density at radius 1 is 0.475 bits per heavy atom. The molecule has 3 unspecified atom stereocenters. The van der Waals surface area contributed by atoms with Crippen LogP contribution in [0.25, 0.3) is 0 Å². The van der Waals surface area contributed by atoms with Gasteiger partial charge in [0.15, 0.2) is 6.10 Å². The summed E-state index contributed by atoms with van der Waals surface area (Å²) in [6.45, 7) is 3.13. The summed E-state index contributed by atoms with van der Waals surface area (Å²) in [5, 5.41) is 41.4. The molecular formula is C41H80O16P2. The average Bonchev–Trinajstić information content (AvgIpc) is 3.18. The zero-order chi connectivity index (χ0) is 43.9. The second-order valence-corrected chi connectivity index (χ2v) is 18.7. The highest BCUT2D eigenvalue weighted by atomic mass is 31.2. The number of aliphatic hydroxyl groups excluding tert-OH is 4. The van der Waals surface area contributed by atoms with Crippen molar-refractivity contribution in [1.29, 1.82) is 0 Å². The van der Waals surface area contributed by atoms with Crippen LogP contribution in [0.2, 0.25) is 0 Å². The number of carbonyl (C=O) groups is 2. The van der Waals surface area contributed by atoms with Gasteiger partial charge in [0.05, 0.1) is 6.61 Å². The highest BCUT2D eigenvalue weighted by Crippen LogP contribution is 2.48. The molecule has 1 aliphatic carbocycles. The fourth-order valence-corrected chi connectivity index (χ4v) is 8.68. The largest absolute Gasteiger partial charge is 0.472 e. The molecule has 0 aromatic rings. The van der Waals surface area contributed by atoms with E-state index < -0.39 is 83.5 Å². The van der Waals surface area contributed by atoms with Crippen LogP contribution in [-0.4, -0.2) is 103 Å². The number of ether oxygens (including phenoxy) is 2. The van der Waals surface area contributed by atoms with Crippen molar-refractivity contribution in [1.82, 2.24) is 0 Å². The Morgan fingerprint density at radius 3 is 1.15 bits per heavy atom. The van der Waals surface area contributed by atoms with Crippen LogP contribution in [0.5, 0.6) is 0 Å². The minimum absolute atomic E-state index is 0.0581. The molecule has 0 aliphatic heterocycles. The average molecular weight is 891 g/mol. The van der Waals surface area contributed by atoms with Crippen LogP contribution >= 0.6 is 15.6 Å². The number of esters is 2. The summed E-state index contributed by atoms with van der Waals surface area (Å²) in [5.41, 5.74) is 0. The van der Waals surface area contributed by atoms with E-state index in [1.54, 1.807) is 0 Å². The van der Waals surface area contributed by atoms with Gasteiger partial charge in [-0.2, -0.15) is 0 Å². The summed E-state index contributed by atoms with van der Waals surface area (Å²) in [6, 6.07) is 0. The van der Waals surface area contributed by atoms with Gasteiger partial charge >= 0.3 is 27.6 Å². The van der Waals surface area contributed by atoms with Crippen molar-refractivity contribution in [2.24, 2.45) is 0 Å². The van der Waals surface area contributed by atoms with Gasteiger partial charge in [-0.25, -0.2) is 9.13 Å². The summed E-state index contributed by atoms with van der Waals surface area (Å²) in [4.78, 5) is 53.9. The third-order valence-electron chi connectivity index (χ3n) is 10.7. The molecule has 350 valence electrons. The van der Waals surface area contributed by atoms with Gasteiger partial charge < -0.3 is 44.6 Å². The van der Waals surface area contributed by atoms with E-state index in [2.05, 4.69) is 18.4 Å². The molecular weight excluding hydrogens is 810 g/mol. The van der Waals surface area contributed by atoms with Crippen molar-refractivity contribution in [2.45, 2.75) is 236 Å². The van der Waals surface area contributed by atoms with Crippen LogP contribution in [0, 0.1) is 0 Å². The van der Waals surface area contributed by atoms with Crippen molar-refractivity contribution in [3.8, 4) is 0 Å². The third kappa shape index (κ3) is 28.3. The topological polar surface area (TPSA) is 256 Å². The minimum atomic E-state index is -5.30. The first-order valence-electron chi connectivity index (χ1n) is 22.6. The maximum atomic E-state index is 12.9. The predicted molar refractivity (Wildman–Crippen MR) is 223 cm³/mol.